The first-order chi connectivity index (χ1) is 25.7. The zero-order valence-corrected chi connectivity index (χ0v) is 27.8. The van der Waals surface area contributed by atoms with Gasteiger partial charge >= 0.3 is 0 Å². The second kappa shape index (κ2) is 11.9. The Morgan fingerprint density at radius 1 is 0.673 bits per heavy atom. The molecule has 0 spiro atoms. The summed E-state index contributed by atoms with van der Waals surface area (Å²) in [4.78, 5) is 14.9. The lowest BCUT2D eigenvalue weighted by Gasteiger charge is -2.18. The summed E-state index contributed by atoms with van der Waals surface area (Å²) >= 11 is 0. The summed E-state index contributed by atoms with van der Waals surface area (Å²) in [6.45, 7) is 0. The van der Waals surface area contributed by atoms with E-state index in [-0.39, 0.29) is 0 Å². The van der Waals surface area contributed by atoms with Crippen LogP contribution in [0.5, 0.6) is 0 Å². The number of furan rings is 1. The van der Waals surface area contributed by atoms with Crippen molar-refractivity contribution in [1.82, 2.24) is 19.5 Å². The SMILES string of the molecule is N#Cc1ccc#cc1-c1cc(-c2nc(-c3ccccc3)nc(-c3ccccc3)n2)ccc1-n1c2c(c3cc4c(cc31)oc1ccccc14)C=CCC2. The van der Waals surface area contributed by atoms with E-state index in [0.29, 0.717) is 28.6 Å². The van der Waals surface area contributed by atoms with Gasteiger partial charge in [0.05, 0.1) is 22.3 Å². The fourth-order valence-corrected chi connectivity index (χ4v) is 7.41. The van der Waals surface area contributed by atoms with Crippen molar-refractivity contribution in [2.24, 2.45) is 0 Å². The number of fused-ring (bicyclic) bond motifs is 6. The lowest BCUT2D eigenvalue weighted by atomic mass is 9.97. The Morgan fingerprint density at radius 3 is 2.13 bits per heavy atom. The van der Waals surface area contributed by atoms with E-state index >= 15 is 0 Å². The Kier molecular flexibility index (Phi) is 6.81. The van der Waals surface area contributed by atoms with Crippen LogP contribution in [0, 0.1) is 23.5 Å². The van der Waals surface area contributed by atoms with Crippen molar-refractivity contribution in [3.05, 3.63) is 162 Å². The van der Waals surface area contributed by atoms with Gasteiger partial charge in [-0.25, -0.2) is 15.0 Å². The average Bonchev–Trinajstić information content (AvgIpc) is 3.75. The predicted molar refractivity (Wildman–Crippen MR) is 205 cm³/mol. The van der Waals surface area contributed by atoms with Crippen LogP contribution >= 0.6 is 0 Å². The van der Waals surface area contributed by atoms with E-state index in [2.05, 4.69) is 71.3 Å². The smallest absolute Gasteiger partial charge is 0.164 e. The average molecular weight is 666 g/mol. The first-order valence-corrected chi connectivity index (χ1v) is 17.2. The molecule has 1 aliphatic rings. The minimum absolute atomic E-state index is 0.507. The lowest BCUT2D eigenvalue weighted by Crippen LogP contribution is -2.06. The Balaban J connectivity index is 1.25. The van der Waals surface area contributed by atoms with Crippen molar-refractivity contribution in [3.63, 3.8) is 0 Å². The van der Waals surface area contributed by atoms with Gasteiger partial charge < -0.3 is 8.98 Å². The summed E-state index contributed by atoms with van der Waals surface area (Å²) in [6.07, 6.45) is 6.29. The van der Waals surface area contributed by atoms with Crippen molar-refractivity contribution >= 4 is 38.9 Å². The molecule has 10 rings (SSSR count). The van der Waals surface area contributed by atoms with Gasteiger partial charge in [0.2, 0.25) is 0 Å². The first-order valence-electron chi connectivity index (χ1n) is 17.2. The number of nitriles is 1. The van der Waals surface area contributed by atoms with Crippen molar-refractivity contribution in [2.75, 3.05) is 0 Å². The molecular formula is C46H27N5O. The number of hydrogen-bond donors (Lipinski definition) is 0. The highest BCUT2D eigenvalue weighted by atomic mass is 16.3. The van der Waals surface area contributed by atoms with Gasteiger partial charge in [-0.2, -0.15) is 5.26 Å². The second-order valence-corrected chi connectivity index (χ2v) is 12.9. The van der Waals surface area contributed by atoms with E-state index in [4.69, 9.17) is 19.4 Å². The molecule has 0 unspecified atom stereocenters. The van der Waals surface area contributed by atoms with E-state index in [0.717, 1.165) is 73.6 Å². The molecule has 242 valence electrons. The molecule has 0 aliphatic heterocycles. The number of rotatable bonds is 5. The van der Waals surface area contributed by atoms with Crippen LogP contribution in [0.1, 0.15) is 23.2 Å². The highest BCUT2D eigenvalue weighted by molar-refractivity contribution is 6.11. The maximum atomic E-state index is 10.3. The standard InChI is InChI=1S/C46H27N5O/c47-28-32-17-7-8-18-33(32)36-25-31(46-49-44(29-13-3-1-4-14-29)48-45(50-46)30-15-5-2-6-16-30)23-24-40(36)51-39-21-11-9-19-34(39)37-26-38-35-20-10-12-22-42(35)52-43(38)27-41(37)51/h1-7,9-10,12-17,19-20,22-27H,11,21H2. The second-order valence-electron chi connectivity index (χ2n) is 12.9. The van der Waals surface area contributed by atoms with E-state index in [1.54, 1.807) is 12.1 Å². The van der Waals surface area contributed by atoms with Crippen LogP contribution in [-0.4, -0.2) is 19.5 Å². The third-order valence-corrected chi connectivity index (χ3v) is 9.82. The monoisotopic (exact) mass is 665 g/mol. The van der Waals surface area contributed by atoms with E-state index < -0.39 is 0 Å². The molecule has 3 heterocycles. The van der Waals surface area contributed by atoms with E-state index in [9.17, 15) is 5.26 Å². The molecule has 0 bridgehead atoms. The zero-order chi connectivity index (χ0) is 34.6. The number of aromatic nitrogens is 4. The van der Waals surface area contributed by atoms with Crippen LogP contribution in [0.3, 0.4) is 0 Å². The van der Waals surface area contributed by atoms with Crippen LogP contribution in [0.15, 0.2) is 138 Å². The summed E-state index contributed by atoms with van der Waals surface area (Å²) in [5.74, 6) is 1.70. The van der Waals surface area contributed by atoms with Crippen LogP contribution in [-0.2, 0) is 6.42 Å². The summed E-state index contributed by atoms with van der Waals surface area (Å²) in [6, 6.07) is 51.1. The molecule has 0 N–H and O–H groups in total. The zero-order valence-electron chi connectivity index (χ0n) is 27.8. The molecule has 6 aromatic carbocycles. The van der Waals surface area contributed by atoms with Crippen molar-refractivity contribution in [1.29, 1.82) is 5.26 Å². The number of hydrogen-bond acceptors (Lipinski definition) is 5. The van der Waals surface area contributed by atoms with Crippen molar-refractivity contribution in [3.8, 4) is 57.0 Å². The van der Waals surface area contributed by atoms with E-state index in [1.165, 1.54) is 11.3 Å². The highest BCUT2D eigenvalue weighted by Gasteiger charge is 2.24. The summed E-state index contributed by atoms with van der Waals surface area (Å²) in [5, 5.41) is 13.7. The minimum atomic E-state index is 0.507. The Hall–Kier alpha value is -7.28. The fraction of sp³-hybridized carbons (Fsp3) is 0.0435. The van der Waals surface area contributed by atoms with Crippen molar-refractivity contribution in [2.45, 2.75) is 12.8 Å². The molecular weight excluding hydrogens is 639 g/mol. The van der Waals surface area contributed by atoms with Crippen LogP contribution in [0.25, 0.3) is 89.9 Å². The molecule has 0 atom stereocenters. The number of allylic oxidation sites excluding steroid dienone is 1. The van der Waals surface area contributed by atoms with Gasteiger partial charge in [0.1, 0.15) is 17.2 Å². The molecule has 0 radical (unpaired) electrons. The lowest BCUT2D eigenvalue weighted by molar-refractivity contribution is 0.669. The van der Waals surface area contributed by atoms with Gasteiger partial charge in [-0.15, -0.1) is 0 Å². The van der Waals surface area contributed by atoms with Gasteiger partial charge in [0.15, 0.2) is 17.5 Å². The summed E-state index contributed by atoms with van der Waals surface area (Å²) < 4.78 is 8.73. The summed E-state index contributed by atoms with van der Waals surface area (Å²) in [5.41, 5.74) is 10.6. The maximum Gasteiger partial charge on any atom is 0.164 e. The predicted octanol–water partition coefficient (Wildman–Crippen LogP) is 10.8. The van der Waals surface area contributed by atoms with Gasteiger partial charge in [0, 0.05) is 55.7 Å². The molecule has 0 saturated carbocycles. The number of para-hydroxylation sites is 1. The molecule has 0 fully saturated rings. The van der Waals surface area contributed by atoms with Crippen LogP contribution < -0.4 is 0 Å². The van der Waals surface area contributed by atoms with Gasteiger partial charge in [-0.1, -0.05) is 103 Å². The number of benzene rings is 5. The molecule has 9 aromatic rings. The molecule has 52 heavy (non-hydrogen) atoms. The Bertz CT molecular complexity index is 2850. The summed E-state index contributed by atoms with van der Waals surface area (Å²) in [7, 11) is 0. The Morgan fingerprint density at radius 2 is 1.38 bits per heavy atom. The van der Waals surface area contributed by atoms with Gasteiger partial charge in [0.25, 0.3) is 0 Å². The maximum absolute atomic E-state index is 10.3. The third-order valence-electron chi connectivity index (χ3n) is 9.82. The fourth-order valence-electron chi connectivity index (χ4n) is 7.41. The van der Waals surface area contributed by atoms with Crippen molar-refractivity contribution < 1.29 is 4.42 Å². The molecule has 6 nitrogen and oxygen atoms in total. The topological polar surface area (TPSA) is 80.5 Å². The van der Waals surface area contributed by atoms with E-state index in [1.807, 2.05) is 78.9 Å². The highest BCUT2D eigenvalue weighted by Crippen LogP contribution is 2.42. The molecule has 3 aromatic heterocycles. The van der Waals surface area contributed by atoms with Crippen LogP contribution in [0.2, 0.25) is 0 Å². The third kappa shape index (κ3) is 4.78. The normalized spacial score (nSPS) is 12.2. The minimum Gasteiger partial charge on any atom is -0.456 e. The quantitative estimate of drug-likeness (QED) is 0.183. The van der Waals surface area contributed by atoms with Gasteiger partial charge in [-0.3, -0.25) is 0 Å². The molecule has 0 saturated heterocycles. The molecule has 0 amide bonds. The van der Waals surface area contributed by atoms with Crippen LogP contribution in [0.4, 0.5) is 0 Å². The molecule has 1 aliphatic carbocycles. The molecule has 6 heteroatoms. The Labute approximate surface area is 299 Å². The van der Waals surface area contributed by atoms with Gasteiger partial charge in [-0.05, 0) is 55.3 Å². The number of nitrogens with zero attached hydrogens (tertiary/aromatic N) is 5. The first kappa shape index (κ1) is 29.6. The largest absolute Gasteiger partial charge is 0.456 e.